The monoisotopic (exact) mass is 306 g/mol. The van der Waals surface area contributed by atoms with Crippen LogP contribution in [0.1, 0.15) is 43.6 Å². The molecule has 0 bridgehead atoms. The summed E-state index contributed by atoms with van der Waals surface area (Å²) in [7, 11) is 0. The molecule has 0 radical (unpaired) electrons. The van der Waals surface area contributed by atoms with E-state index in [2.05, 4.69) is 18.8 Å². The molecule has 0 unspecified atom stereocenters. The van der Waals surface area contributed by atoms with Crippen LogP contribution >= 0.6 is 0 Å². The number of amides is 1. The molecule has 1 amide bonds. The topological polar surface area (TPSA) is 54.6 Å². The third-order valence-electron chi connectivity index (χ3n) is 4.48. The SMILES string of the molecule is CC(C)COC[C@@H]1CC[C@H]2[C@H](CCN2C(=O)c2ccc[nH]2)O1. The van der Waals surface area contributed by atoms with Crippen LogP contribution in [0.5, 0.6) is 0 Å². The number of aromatic amines is 1. The highest BCUT2D eigenvalue weighted by Crippen LogP contribution is 2.32. The van der Waals surface area contributed by atoms with Gasteiger partial charge in [0.1, 0.15) is 5.69 Å². The van der Waals surface area contributed by atoms with Crippen LogP contribution in [0, 0.1) is 5.92 Å². The van der Waals surface area contributed by atoms with Gasteiger partial charge in [0, 0.05) is 19.3 Å². The number of H-pyrrole nitrogens is 1. The Morgan fingerprint density at radius 2 is 2.32 bits per heavy atom. The number of nitrogens with zero attached hydrogens (tertiary/aromatic N) is 1. The highest BCUT2D eigenvalue weighted by atomic mass is 16.5. The van der Waals surface area contributed by atoms with Gasteiger partial charge in [0.25, 0.3) is 5.91 Å². The predicted octanol–water partition coefficient (Wildman–Crippen LogP) is 2.45. The minimum absolute atomic E-state index is 0.0932. The van der Waals surface area contributed by atoms with Gasteiger partial charge in [-0.3, -0.25) is 4.79 Å². The minimum Gasteiger partial charge on any atom is -0.378 e. The molecule has 0 saturated carbocycles. The Balaban J connectivity index is 1.52. The average molecular weight is 306 g/mol. The summed E-state index contributed by atoms with van der Waals surface area (Å²) in [6.07, 6.45) is 5.04. The lowest BCUT2D eigenvalue weighted by atomic mass is 9.99. The molecule has 0 spiro atoms. The lowest BCUT2D eigenvalue weighted by molar-refractivity contribution is -0.0985. The molecule has 3 heterocycles. The lowest BCUT2D eigenvalue weighted by Gasteiger charge is -2.35. The number of fused-ring (bicyclic) bond motifs is 1. The zero-order chi connectivity index (χ0) is 15.5. The van der Waals surface area contributed by atoms with Crippen molar-refractivity contribution in [3.8, 4) is 0 Å². The molecule has 122 valence electrons. The van der Waals surface area contributed by atoms with Gasteiger partial charge >= 0.3 is 0 Å². The standard InChI is InChI=1S/C17H26N2O3/c1-12(2)10-21-11-13-5-6-15-16(22-13)7-9-19(15)17(20)14-4-3-8-18-14/h3-4,8,12-13,15-16,18H,5-7,9-11H2,1-2H3/t13-,15-,16-/m0/s1. The number of aromatic nitrogens is 1. The van der Waals surface area contributed by atoms with Crippen molar-refractivity contribution in [2.45, 2.75) is 51.4 Å². The van der Waals surface area contributed by atoms with E-state index in [1.165, 1.54) is 0 Å². The van der Waals surface area contributed by atoms with Crippen LogP contribution in [0.15, 0.2) is 18.3 Å². The fraction of sp³-hybridized carbons (Fsp3) is 0.706. The Hall–Kier alpha value is -1.33. The Labute approximate surface area is 132 Å². The van der Waals surface area contributed by atoms with Crippen LogP contribution in [0.4, 0.5) is 0 Å². The van der Waals surface area contributed by atoms with Gasteiger partial charge in [0.15, 0.2) is 0 Å². The number of rotatable bonds is 5. The molecule has 3 rings (SSSR count). The van der Waals surface area contributed by atoms with E-state index in [0.29, 0.717) is 18.2 Å². The van der Waals surface area contributed by atoms with Crippen LogP contribution in [-0.2, 0) is 9.47 Å². The third kappa shape index (κ3) is 3.36. The molecular formula is C17H26N2O3. The first kappa shape index (κ1) is 15.6. The highest BCUT2D eigenvalue weighted by Gasteiger charge is 2.42. The summed E-state index contributed by atoms with van der Waals surface area (Å²) >= 11 is 0. The maximum atomic E-state index is 12.5. The third-order valence-corrected chi connectivity index (χ3v) is 4.48. The number of ether oxygens (including phenoxy) is 2. The minimum atomic E-state index is 0.0932. The molecule has 2 aliphatic heterocycles. The zero-order valence-corrected chi connectivity index (χ0v) is 13.5. The quantitative estimate of drug-likeness (QED) is 0.909. The summed E-state index contributed by atoms with van der Waals surface area (Å²) in [5, 5.41) is 0. The highest BCUT2D eigenvalue weighted by molar-refractivity contribution is 5.92. The molecule has 1 N–H and O–H groups in total. The first-order chi connectivity index (χ1) is 10.6. The van der Waals surface area contributed by atoms with Gasteiger partial charge in [-0.2, -0.15) is 0 Å². The normalized spacial score (nSPS) is 28.1. The van der Waals surface area contributed by atoms with E-state index in [1.54, 1.807) is 6.20 Å². The van der Waals surface area contributed by atoms with Gasteiger partial charge in [-0.1, -0.05) is 13.8 Å². The van der Waals surface area contributed by atoms with Gasteiger partial charge in [0.05, 0.1) is 24.9 Å². The molecule has 5 heteroatoms. The number of carbonyl (C=O) groups is 1. The van der Waals surface area contributed by atoms with E-state index in [-0.39, 0.29) is 24.2 Å². The molecule has 1 aromatic rings. The number of hydrogen-bond acceptors (Lipinski definition) is 3. The molecule has 2 saturated heterocycles. The number of hydrogen-bond donors (Lipinski definition) is 1. The van der Waals surface area contributed by atoms with Crippen molar-refractivity contribution in [3.05, 3.63) is 24.0 Å². The Morgan fingerprint density at radius 1 is 1.45 bits per heavy atom. The van der Waals surface area contributed by atoms with Gasteiger partial charge in [0.2, 0.25) is 0 Å². The Bertz CT molecular complexity index is 486. The summed E-state index contributed by atoms with van der Waals surface area (Å²) in [5.41, 5.74) is 0.669. The van der Waals surface area contributed by atoms with E-state index in [0.717, 1.165) is 32.4 Å². The first-order valence-corrected chi connectivity index (χ1v) is 8.32. The lowest BCUT2D eigenvalue weighted by Crippen LogP contribution is -2.46. The van der Waals surface area contributed by atoms with Gasteiger partial charge in [-0.05, 0) is 37.3 Å². The Morgan fingerprint density at radius 3 is 3.05 bits per heavy atom. The molecule has 2 aliphatic rings. The van der Waals surface area contributed by atoms with Crippen molar-refractivity contribution >= 4 is 5.91 Å². The summed E-state index contributed by atoms with van der Waals surface area (Å²) in [6, 6.07) is 3.92. The van der Waals surface area contributed by atoms with Gasteiger partial charge in [-0.25, -0.2) is 0 Å². The zero-order valence-electron chi connectivity index (χ0n) is 13.5. The van der Waals surface area contributed by atoms with Crippen molar-refractivity contribution in [2.75, 3.05) is 19.8 Å². The molecule has 5 nitrogen and oxygen atoms in total. The summed E-state index contributed by atoms with van der Waals surface area (Å²) in [4.78, 5) is 17.5. The van der Waals surface area contributed by atoms with Crippen molar-refractivity contribution < 1.29 is 14.3 Å². The van der Waals surface area contributed by atoms with Crippen LogP contribution in [0.25, 0.3) is 0 Å². The van der Waals surface area contributed by atoms with Crippen molar-refractivity contribution in [1.29, 1.82) is 0 Å². The fourth-order valence-electron chi connectivity index (χ4n) is 3.43. The van der Waals surface area contributed by atoms with Crippen LogP contribution in [-0.4, -0.2) is 53.8 Å². The van der Waals surface area contributed by atoms with E-state index in [4.69, 9.17) is 9.47 Å². The van der Waals surface area contributed by atoms with E-state index in [1.807, 2.05) is 17.0 Å². The maximum absolute atomic E-state index is 12.5. The van der Waals surface area contributed by atoms with Crippen molar-refractivity contribution in [3.63, 3.8) is 0 Å². The second-order valence-corrected chi connectivity index (χ2v) is 6.74. The van der Waals surface area contributed by atoms with Crippen LogP contribution < -0.4 is 0 Å². The summed E-state index contributed by atoms with van der Waals surface area (Å²) in [5.74, 6) is 0.646. The summed E-state index contributed by atoms with van der Waals surface area (Å²) < 4.78 is 11.9. The smallest absolute Gasteiger partial charge is 0.270 e. The number of nitrogens with one attached hydrogen (secondary N) is 1. The van der Waals surface area contributed by atoms with E-state index >= 15 is 0 Å². The summed E-state index contributed by atoms with van der Waals surface area (Å²) in [6.45, 7) is 6.54. The van der Waals surface area contributed by atoms with E-state index < -0.39 is 0 Å². The second kappa shape index (κ2) is 6.84. The molecule has 22 heavy (non-hydrogen) atoms. The molecule has 3 atom stereocenters. The van der Waals surface area contributed by atoms with Crippen molar-refractivity contribution in [1.82, 2.24) is 9.88 Å². The number of carbonyl (C=O) groups excluding carboxylic acids is 1. The fourth-order valence-corrected chi connectivity index (χ4v) is 3.43. The molecule has 0 aliphatic carbocycles. The van der Waals surface area contributed by atoms with Crippen LogP contribution in [0.3, 0.4) is 0 Å². The average Bonchev–Trinajstić information content (AvgIpc) is 3.15. The largest absolute Gasteiger partial charge is 0.378 e. The predicted molar refractivity (Wildman–Crippen MR) is 83.8 cm³/mol. The molecular weight excluding hydrogens is 280 g/mol. The Kier molecular flexibility index (Phi) is 4.84. The molecule has 1 aromatic heterocycles. The van der Waals surface area contributed by atoms with Gasteiger partial charge < -0.3 is 19.4 Å². The van der Waals surface area contributed by atoms with Crippen LogP contribution in [0.2, 0.25) is 0 Å². The molecule has 0 aromatic carbocycles. The second-order valence-electron chi connectivity index (χ2n) is 6.74. The maximum Gasteiger partial charge on any atom is 0.270 e. The van der Waals surface area contributed by atoms with Gasteiger partial charge in [-0.15, -0.1) is 0 Å². The van der Waals surface area contributed by atoms with Crippen molar-refractivity contribution in [2.24, 2.45) is 5.92 Å². The number of likely N-dealkylation sites (tertiary alicyclic amines) is 1. The first-order valence-electron chi connectivity index (χ1n) is 8.32. The van der Waals surface area contributed by atoms with E-state index in [9.17, 15) is 4.79 Å². The molecule has 2 fully saturated rings.